The van der Waals surface area contributed by atoms with Gasteiger partial charge in [-0.05, 0) is 30.3 Å². The predicted octanol–water partition coefficient (Wildman–Crippen LogP) is 4.75. The molecule has 1 N–H and O–H groups in total. The van der Waals surface area contributed by atoms with Gasteiger partial charge in [0.1, 0.15) is 11.9 Å². The molecule has 0 radical (unpaired) electrons. The van der Waals surface area contributed by atoms with Gasteiger partial charge in [-0.3, -0.25) is 0 Å². The Bertz CT molecular complexity index is 635. The van der Waals surface area contributed by atoms with E-state index in [0.717, 1.165) is 0 Å². The molecule has 0 saturated heterocycles. The monoisotopic (exact) mass is 280 g/mol. The molecule has 0 aliphatic carbocycles. The fraction of sp³-hybridized carbons (Fsp3) is 0. The number of hydrogen-bond acceptors (Lipinski definition) is 2. The van der Waals surface area contributed by atoms with Crippen molar-refractivity contribution in [2.24, 2.45) is 0 Å². The van der Waals surface area contributed by atoms with Gasteiger partial charge in [0.15, 0.2) is 0 Å². The summed E-state index contributed by atoms with van der Waals surface area (Å²) in [5.41, 5.74) is 1.07. The zero-order valence-electron chi connectivity index (χ0n) is 9.05. The lowest BCUT2D eigenvalue weighted by atomic mass is 10.2. The normalized spacial score (nSPS) is 9.89. The number of nitrogens with one attached hydrogen (secondary N) is 1. The summed E-state index contributed by atoms with van der Waals surface area (Å²) in [5.74, 6) is -0.583. The van der Waals surface area contributed by atoms with Gasteiger partial charge in [-0.15, -0.1) is 0 Å². The fourth-order valence-corrected chi connectivity index (χ4v) is 1.79. The lowest BCUT2D eigenvalue weighted by molar-refractivity contribution is 0.624. The highest BCUT2D eigenvalue weighted by atomic mass is 35.5. The zero-order valence-corrected chi connectivity index (χ0v) is 10.6. The second kappa shape index (κ2) is 5.26. The molecule has 0 amide bonds. The summed E-state index contributed by atoms with van der Waals surface area (Å²) in [6.07, 6.45) is 0. The first-order valence-corrected chi connectivity index (χ1v) is 5.78. The molecule has 0 fully saturated rings. The van der Waals surface area contributed by atoms with Crippen LogP contribution in [0.15, 0.2) is 36.4 Å². The SMILES string of the molecule is N#Cc1ccc(Nc2cccc(Cl)c2Cl)cc1F. The molecule has 18 heavy (non-hydrogen) atoms. The van der Waals surface area contributed by atoms with Crippen LogP contribution in [0.4, 0.5) is 15.8 Å². The van der Waals surface area contributed by atoms with Crippen LogP contribution in [0, 0.1) is 17.1 Å². The fourth-order valence-electron chi connectivity index (χ4n) is 1.44. The van der Waals surface area contributed by atoms with Gasteiger partial charge in [0.05, 0.1) is 21.3 Å². The van der Waals surface area contributed by atoms with Crippen LogP contribution in [0.25, 0.3) is 0 Å². The molecule has 2 aromatic carbocycles. The molecule has 0 aliphatic rings. The average Bonchev–Trinajstić information content (AvgIpc) is 2.35. The third-order valence-corrected chi connectivity index (χ3v) is 3.14. The topological polar surface area (TPSA) is 35.8 Å². The van der Waals surface area contributed by atoms with Crippen LogP contribution in [0.1, 0.15) is 5.56 Å². The molecule has 0 aliphatic heterocycles. The Hall–Kier alpha value is -1.76. The van der Waals surface area contributed by atoms with Gasteiger partial charge in [-0.2, -0.15) is 5.26 Å². The summed E-state index contributed by atoms with van der Waals surface area (Å²) in [5, 5.41) is 12.3. The van der Waals surface area contributed by atoms with Gasteiger partial charge in [-0.25, -0.2) is 4.39 Å². The highest BCUT2D eigenvalue weighted by Gasteiger charge is 2.06. The molecule has 5 heteroatoms. The summed E-state index contributed by atoms with van der Waals surface area (Å²) >= 11 is 11.9. The largest absolute Gasteiger partial charge is 0.354 e. The Balaban J connectivity index is 2.32. The van der Waals surface area contributed by atoms with E-state index < -0.39 is 5.82 Å². The van der Waals surface area contributed by atoms with Gasteiger partial charge in [0.2, 0.25) is 0 Å². The first-order chi connectivity index (χ1) is 8.61. The quantitative estimate of drug-likeness (QED) is 0.862. The van der Waals surface area contributed by atoms with Crippen molar-refractivity contribution in [3.8, 4) is 6.07 Å². The molecule has 2 aromatic rings. The van der Waals surface area contributed by atoms with Crippen molar-refractivity contribution in [3.05, 3.63) is 57.8 Å². The molecule has 2 nitrogen and oxygen atoms in total. The van der Waals surface area contributed by atoms with Crippen molar-refractivity contribution in [1.29, 1.82) is 5.26 Å². The summed E-state index contributed by atoms with van der Waals surface area (Å²) < 4.78 is 13.4. The summed E-state index contributed by atoms with van der Waals surface area (Å²) in [4.78, 5) is 0. The van der Waals surface area contributed by atoms with Crippen molar-refractivity contribution in [1.82, 2.24) is 0 Å². The van der Waals surface area contributed by atoms with Crippen molar-refractivity contribution >= 4 is 34.6 Å². The summed E-state index contributed by atoms with van der Waals surface area (Å²) in [6.45, 7) is 0. The predicted molar refractivity (Wildman–Crippen MR) is 70.9 cm³/mol. The van der Waals surface area contributed by atoms with Gasteiger partial charge in [0, 0.05) is 5.69 Å². The number of hydrogen-bond donors (Lipinski definition) is 1. The summed E-state index contributed by atoms with van der Waals surface area (Å²) in [7, 11) is 0. The van der Waals surface area contributed by atoms with E-state index in [2.05, 4.69) is 5.32 Å². The van der Waals surface area contributed by atoms with E-state index in [1.807, 2.05) is 0 Å². The molecule has 0 spiro atoms. The van der Waals surface area contributed by atoms with Crippen molar-refractivity contribution in [3.63, 3.8) is 0 Å². The Kier molecular flexibility index (Phi) is 3.71. The number of nitrogens with zero attached hydrogens (tertiary/aromatic N) is 1. The number of benzene rings is 2. The van der Waals surface area contributed by atoms with Gasteiger partial charge in [-0.1, -0.05) is 29.3 Å². The maximum absolute atomic E-state index is 13.4. The van der Waals surface area contributed by atoms with Crippen LogP contribution in [0.3, 0.4) is 0 Å². The number of nitriles is 1. The smallest absolute Gasteiger partial charge is 0.143 e. The van der Waals surface area contributed by atoms with Crippen LogP contribution >= 0.6 is 23.2 Å². The van der Waals surface area contributed by atoms with Crippen LogP contribution in [0.5, 0.6) is 0 Å². The van der Waals surface area contributed by atoms with E-state index in [-0.39, 0.29) is 5.56 Å². The number of halogens is 3. The van der Waals surface area contributed by atoms with E-state index in [1.165, 1.54) is 12.1 Å². The molecule has 0 saturated carbocycles. The number of anilines is 2. The lowest BCUT2D eigenvalue weighted by Gasteiger charge is -2.09. The average molecular weight is 281 g/mol. The van der Waals surface area contributed by atoms with Crippen molar-refractivity contribution < 1.29 is 4.39 Å². The molecule has 0 atom stereocenters. The highest BCUT2D eigenvalue weighted by molar-refractivity contribution is 6.43. The van der Waals surface area contributed by atoms with E-state index in [4.69, 9.17) is 28.5 Å². The van der Waals surface area contributed by atoms with Crippen molar-refractivity contribution in [2.45, 2.75) is 0 Å². The second-order valence-electron chi connectivity index (χ2n) is 3.53. The Morgan fingerprint density at radius 2 is 1.94 bits per heavy atom. The molecule has 0 aromatic heterocycles. The van der Waals surface area contributed by atoms with Gasteiger partial charge in [0.25, 0.3) is 0 Å². The first-order valence-electron chi connectivity index (χ1n) is 5.02. The van der Waals surface area contributed by atoms with Crippen LogP contribution in [-0.2, 0) is 0 Å². The molecular weight excluding hydrogens is 274 g/mol. The molecule has 2 rings (SSSR count). The standard InChI is InChI=1S/C13H7Cl2FN2/c14-10-2-1-3-12(13(10)15)18-9-5-4-8(7-17)11(16)6-9/h1-6,18H. The minimum Gasteiger partial charge on any atom is -0.354 e. The van der Waals surface area contributed by atoms with Crippen molar-refractivity contribution in [2.75, 3.05) is 5.32 Å². The molecule has 0 unspecified atom stereocenters. The molecule has 0 heterocycles. The highest BCUT2D eigenvalue weighted by Crippen LogP contribution is 2.31. The Morgan fingerprint density at radius 3 is 2.61 bits per heavy atom. The Morgan fingerprint density at radius 1 is 1.17 bits per heavy atom. The third-order valence-electron chi connectivity index (χ3n) is 2.32. The zero-order chi connectivity index (χ0) is 13.1. The minimum absolute atomic E-state index is 0.00209. The maximum Gasteiger partial charge on any atom is 0.143 e. The van der Waals surface area contributed by atoms with Gasteiger partial charge < -0.3 is 5.32 Å². The van der Waals surface area contributed by atoms with E-state index in [1.54, 1.807) is 30.3 Å². The molecule has 90 valence electrons. The number of rotatable bonds is 2. The third kappa shape index (κ3) is 2.56. The van der Waals surface area contributed by atoms with E-state index in [9.17, 15) is 4.39 Å². The Labute approximate surface area is 114 Å². The van der Waals surface area contributed by atoms with Gasteiger partial charge >= 0.3 is 0 Å². The lowest BCUT2D eigenvalue weighted by Crippen LogP contribution is -1.93. The van der Waals surface area contributed by atoms with Crippen LogP contribution in [0.2, 0.25) is 10.0 Å². The molecule has 0 bridgehead atoms. The first kappa shape index (κ1) is 12.7. The van der Waals surface area contributed by atoms with Crippen LogP contribution < -0.4 is 5.32 Å². The minimum atomic E-state index is -0.583. The summed E-state index contributed by atoms with van der Waals surface area (Å²) in [6, 6.07) is 11.1. The molecular formula is C13H7Cl2FN2. The van der Waals surface area contributed by atoms with E-state index >= 15 is 0 Å². The van der Waals surface area contributed by atoms with E-state index in [0.29, 0.717) is 21.4 Å². The maximum atomic E-state index is 13.4. The second-order valence-corrected chi connectivity index (χ2v) is 4.32. The van der Waals surface area contributed by atoms with Crippen LogP contribution in [-0.4, -0.2) is 0 Å².